The zero-order valence-corrected chi connectivity index (χ0v) is 8.94. The van der Waals surface area contributed by atoms with Crippen LogP contribution in [0.25, 0.3) is 0 Å². The number of pyridine rings is 1. The van der Waals surface area contributed by atoms with E-state index in [0.717, 1.165) is 31.7 Å². The molecule has 1 N–H and O–H groups in total. The normalized spacial score (nSPS) is 17.0. The van der Waals surface area contributed by atoms with E-state index in [1.807, 2.05) is 0 Å². The SMILES string of the molecule is O=S(=O)(O)c1ccc(N2CCCC2)nc1. The highest BCUT2D eigenvalue weighted by molar-refractivity contribution is 7.85. The highest BCUT2D eigenvalue weighted by Gasteiger charge is 2.15. The Bertz CT molecular complexity index is 435. The maximum absolute atomic E-state index is 10.8. The van der Waals surface area contributed by atoms with Gasteiger partial charge in [-0.15, -0.1) is 0 Å². The molecule has 1 saturated heterocycles. The second-order valence-electron chi connectivity index (χ2n) is 3.52. The molecule has 2 rings (SSSR count). The fourth-order valence-electron chi connectivity index (χ4n) is 1.66. The number of aromatic nitrogens is 1. The molecular formula is C9H12N2O3S. The van der Waals surface area contributed by atoms with E-state index in [4.69, 9.17) is 4.55 Å². The summed E-state index contributed by atoms with van der Waals surface area (Å²) in [5.74, 6) is 0.764. The summed E-state index contributed by atoms with van der Waals surface area (Å²) in [6.07, 6.45) is 3.46. The maximum Gasteiger partial charge on any atom is 0.296 e. The van der Waals surface area contributed by atoms with Gasteiger partial charge in [0.2, 0.25) is 0 Å². The van der Waals surface area contributed by atoms with Crippen molar-refractivity contribution in [2.24, 2.45) is 0 Å². The molecule has 0 aliphatic carbocycles. The van der Waals surface area contributed by atoms with Gasteiger partial charge in [-0.2, -0.15) is 8.42 Å². The van der Waals surface area contributed by atoms with Crippen LogP contribution in [0.3, 0.4) is 0 Å². The summed E-state index contributed by atoms with van der Waals surface area (Å²) in [5, 5.41) is 0. The highest BCUT2D eigenvalue weighted by atomic mass is 32.2. The predicted molar refractivity (Wildman–Crippen MR) is 55.5 cm³/mol. The fraction of sp³-hybridized carbons (Fsp3) is 0.444. The minimum absolute atomic E-state index is 0.162. The van der Waals surface area contributed by atoms with Crippen LogP contribution in [0.5, 0.6) is 0 Å². The monoisotopic (exact) mass is 228 g/mol. The van der Waals surface area contributed by atoms with Crippen LogP contribution >= 0.6 is 0 Å². The van der Waals surface area contributed by atoms with Crippen LogP contribution in [0.2, 0.25) is 0 Å². The Hall–Kier alpha value is -1.14. The van der Waals surface area contributed by atoms with Gasteiger partial charge >= 0.3 is 0 Å². The summed E-state index contributed by atoms with van der Waals surface area (Å²) in [6.45, 7) is 1.91. The second-order valence-corrected chi connectivity index (χ2v) is 4.94. The molecule has 1 aromatic rings. The van der Waals surface area contributed by atoms with E-state index in [0.29, 0.717) is 0 Å². The van der Waals surface area contributed by atoms with Crippen molar-refractivity contribution in [2.45, 2.75) is 17.7 Å². The van der Waals surface area contributed by atoms with E-state index in [-0.39, 0.29) is 4.90 Å². The van der Waals surface area contributed by atoms with Gasteiger partial charge in [0.05, 0.1) is 6.20 Å². The molecule has 2 heterocycles. The molecule has 0 amide bonds. The lowest BCUT2D eigenvalue weighted by Crippen LogP contribution is -2.18. The summed E-state index contributed by atoms with van der Waals surface area (Å²) in [6, 6.07) is 2.99. The lowest BCUT2D eigenvalue weighted by Gasteiger charge is -2.15. The molecule has 0 atom stereocenters. The molecule has 6 heteroatoms. The summed E-state index contributed by atoms with van der Waals surface area (Å²) in [5.41, 5.74) is 0. The van der Waals surface area contributed by atoms with E-state index >= 15 is 0 Å². The smallest absolute Gasteiger partial charge is 0.296 e. The molecule has 0 unspecified atom stereocenters. The van der Waals surface area contributed by atoms with Crippen LogP contribution in [-0.4, -0.2) is 31.0 Å². The van der Waals surface area contributed by atoms with Crippen molar-refractivity contribution in [3.05, 3.63) is 18.3 Å². The van der Waals surface area contributed by atoms with E-state index in [1.165, 1.54) is 12.3 Å². The number of hydrogen-bond donors (Lipinski definition) is 1. The third-order valence-electron chi connectivity index (χ3n) is 2.45. The molecule has 0 radical (unpaired) electrons. The van der Waals surface area contributed by atoms with Crippen LogP contribution in [0, 0.1) is 0 Å². The van der Waals surface area contributed by atoms with Gasteiger partial charge in [0, 0.05) is 13.1 Å². The lowest BCUT2D eigenvalue weighted by atomic mass is 10.4. The summed E-state index contributed by atoms with van der Waals surface area (Å²) in [4.78, 5) is 5.94. The third-order valence-corrected chi connectivity index (χ3v) is 3.29. The van der Waals surface area contributed by atoms with Crippen LogP contribution in [0.1, 0.15) is 12.8 Å². The van der Waals surface area contributed by atoms with Gasteiger partial charge in [0.15, 0.2) is 0 Å². The largest absolute Gasteiger partial charge is 0.357 e. The Morgan fingerprint density at radius 2 is 1.93 bits per heavy atom. The van der Waals surface area contributed by atoms with E-state index in [1.54, 1.807) is 6.07 Å². The van der Waals surface area contributed by atoms with Crippen molar-refractivity contribution >= 4 is 15.9 Å². The first-order valence-electron chi connectivity index (χ1n) is 4.76. The average molecular weight is 228 g/mol. The zero-order chi connectivity index (χ0) is 10.9. The van der Waals surface area contributed by atoms with Crippen molar-refractivity contribution in [1.82, 2.24) is 4.98 Å². The van der Waals surface area contributed by atoms with Crippen molar-refractivity contribution in [1.29, 1.82) is 0 Å². The van der Waals surface area contributed by atoms with Gasteiger partial charge < -0.3 is 4.90 Å². The molecule has 82 valence electrons. The van der Waals surface area contributed by atoms with Crippen molar-refractivity contribution in [3.8, 4) is 0 Å². The topological polar surface area (TPSA) is 70.5 Å². The van der Waals surface area contributed by atoms with Gasteiger partial charge in [-0.05, 0) is 25.0 Å². The number of rotatable bonds is 2. The van der Waals surface area contributed by atoms with E-state index in [9.17, 15) is 8.42 Å². The minimum atomic E-state index is -4.12. The van der Waals surface area contributed by atoms with E-state index < -0.39 is 10.1 Å². The van der Waals surface area contributed by atoms with Crippen LogP contribution in [-0.2, 0) is 10.1 Å². The highest BCUT2D eigenvalue weighted by Crippen LogP contribution is 2.18. The van der Waals surface area contributed by atoms with Crippen LogP contribution in [0.4, 0.5) is 5.82 Å². The molecule has 5 nitrogen and oxygen atoms in total. The summed E-state index contributed by atoms with van der Waals surface area (Å²) >= 11 is 0. The maximum atomic E-state index is 10.8. The molecule has 0 aromatic carbocycles. The first kappa shape index (κ1) is 10.4. The van der Waals surface area contributed by atoms with Crippen LogP contribution < -0.4 is 4.90 Å². The minimum Gasteiger partial charge on any atom is -0.357 e. The quantitative estimate of drug-likeness (QED) is 0.762. The van der Waals surface area contributed by atoms with Crippen molar-refractivity contribution < 1.29 is 13.0 Å². The molecule has 1 aliphatic heterocycles. The molecular weight excluding hydrogens is 216 g/mol. The predicted octanol–water partition coefficient (Wildman–Crippen LogP) is 0.929. The molecule has 1 aromatic heterocycles. The molecule has 0 saturated carbocycles. The first-order valence-corrected chi connectivity index (χ1v) is 6.20. The molecule has 0 bridgehead atoms. The van der Waals surface area contributed by atoms with Crippen molar-refractivity contribution in [2.75, 3.05) is 18.0 Å². The first-order chi connectivity index (χ1) is 7.07. The average Bonchev–Trinajstić information content (AvgIpc) is 2.69. The molecule has 1 aliphatic rings. The van der Waals surface area contributed by atoms with Crippen LogP contribution in [0.15, 0.2) is 23.2 Å². The summed E-state index contributed by atoms with van der Waals surface area (Å²) < 4.78 is 30.3. The van der Waals surface area contributed by atoms with Gasteiger partial charge in [-0.25, -0.2) is 4.98 Å². The van der Waals surface area contributed by atoms with Crippen molar-refractivity contribution in [3.63, 3.8) is 0 Å². The molecule has 0 spiro atoms. The molecule has 1 fully saturated rings. The summed E-state index contributed by atoms with van der Waals surface area (Å²) in [7, 11) is -4.12. The Labute approximate surface area is 88.5 Å². The Morgan fingerprint density at radius 3 is 2.40 bits per heavy atom. The fourth-order valence-corrected chi connectivity index (χ4v) is 2.08. The Balaban J connectivity index is 2.24. The Kier molecular flexibility index (Phi) is 2.62. The standard InChI is InChI=1S/C9H12N2O3S/c12-15(13,14)8-3-4-9(10-7-8)11-5-1-2-6-11/h3-4,7H,1-2,5-6H2,(H,12,13,14). The lowest BCUT2D eigenvalue weighted by molar-refractivity contribution is 0.483. The van der Waals surface area contributed by atoms with E-state index in [2.05, 4.69) is 9.88 Å². The van der Waals surface area contributed by atoms with Gasteiger partial charge in [0.25, 0.3) is 10.1 Å². The van der Waals surface area contributed by atoms with Gasteiger partial charge in [-0.3, -0.25) is 4.55 Å². The van der Waals surface area contributed by atoms with Gasteiger partial charge in [-0.1, -0.05) is 0 Å². The Morgan fingerprint density at radius 1 is 1.27 bits per heavy atom. The number of anilines is 1. The zero-order valence-electron chi connectivity index (χ0n) is 8.13. The number of hydrogen-bond acceptors (Lipinski definition) is 4. The third kappa shape index (κ3) is 2.27. The van der Waals surface area contributed by atoms with Gasteiger partial charge in [0.1, 0.15) is 10.7 Å². The molecule has 15 heavy (non-hydrogen) atoms. The second kappa shape index (κ2) is 3.79. The number of nitrogens with zero attached hydrogens (tertiary/aromatic N) is 2.